The number of rotatable bonds is 3. The predicted molar refractivity (Wildman–Crippen MR) is 91.6 cm³/mol. The van der Waals surface area contributed by atoms with E-state index >= 15 is 0 Å². The number of pyridine rings is 1. The first-order valence-corrected chi connectivity index (χ1v) is 7.41. The number of hydrogen-bond acceptors (Lipinski definition) is 2. The molecule has 22 heavy (non-hydrogen) atoms. The van der Waals surface area contributed by atoms with E-state index in [-0.39, 0.29) is 5.78 Å². The first-order valence-electron chi connectivity index (χ1n) is 6.66. The summed E-state index contributed by atoms with van der Waals surface area (Å²) >= 11 is 11.8. The van der Waals surface area contributed by atoms with Gasteiger partial charge in [0.05, 0.1) is 15.6 Å². The summed E-state index contributed by atoms with van der Waals surface area (Å²) in [5.41, 5.74) is 2.29. The molecule has 3 aromatic rings. The van der Waals surface area contributed by atoms with Gasteiger partial charge in [-0.15, -0.1) is 0 Å². The molecule has 1 heterocycles. The Morgan fingerprint density at radius 3 is 2.64 bits per heavy atom. The minimum Gasteiger partial charge on any atom is -0.289 e. The number of nitrogens with zero attached hydrogens (tertiary/aromatic N) is 1. The zero-order chi connectivity index (χ0) is 15.5. The van der Waals surface area contributed by atoms with Crippen LogP contribution in [-0.2, 0) is 0 Å². The Balaban J connectivity index is 1.85. The lowest BCUT2D eigenvalue weighted by atomic mass is 10.1. The Hall–Kier alpha value is -2.16. The van der Waals surface area contributed by atoms with Gasteiger partial charge in [0.2, 0.25) is 0 Å². The fraction of sp³-hybridized carbons (Fsp3) is 0. The fourth-order valence-corrected chi connectivity index (χ4v) is 2.39. The summed E-state index contributed by atoms with van der Waals surface area (Å²) in [7, 11) is 0. The number of carbonyl (C=O) groups is 1. The van der Waals surface area contributed by atoms with Crippen molar-refractivity contribution in [1.82, 2.24) is 4.98 Å². The molecule has 3 rings (SSSR count). The smallest absolute Gasteiger partial charge is 0.185 e. The van der Waals surface area contributed by atoms with Crippen molar-refractivity contribution in [3.63, 3.8) is 0 Å². The van der Waals surface area contributed by atoms with Gasteiger partial charge < -0.3 is 0 Å². The summed E-state index contributed by atoms with van der Waals surface area (Å²) in [4.78, 5) is 16.5. The second kappa shape index (κ2) is 6.30. The Morgan fingerprint density at radius 1 is 1.00 bits per heavy atom. The summed E-state index contributed by atoms with van der Waals surface area (Å²) in [6.07, 6.45) is 4.98. The first kappa shape index (κ1) is 14.8. The van der Waals surface area contributed by atoms with Crippen LogP contribution in [0.2, 0.25) is 10.0 Å². The van der Waals surface area contributed by atoms with Gasteiger partial charge in [-0.25, -0.2) is 0 Å². The normalized spacial score (nSPS) is 11.2. The van der Waals surface area contributed by atoms with Crippen LogP contribution < -0.4 is 0 Å². The zero-order valence-corrected chi connectivity index (χ0v) is 13.0. The molecule has 1 aromatic heterocycles. The number of ketones is 1. The van der Waals surface area contributed by atoms with E-state index in [1.165, 1.54) is 6.08 Å². The minimum atomic E-state index is -0.133. The maximum absolute atomic E-state index is 12.1. The molecule has 0 unspecified atom stereocenters. The van der Waals surface area contributed by atoms with Gasteiger partial charge in [-0.1, -0.05) is 41.4 Å². The standard InChI is InChI=1S/C18H11Cl2NO/c19-15-7-6-14(10-16(15)20)18(22)8-5-12-9-13-3-1-2-4-17(13)21-11-12/h1-11H/b8-5+. The van der Waals surface area contributed by atoms with Gasteiger partial charge in [0.1, 0.15) is 0 Å². The molecular formula is C18H11Cl2NO. The highest BCUT2D eigenvalue weighted by Crippen LogP contribution is 2.23. The van der Waals surface area contributed by atoms with E-state index in [0.717, 1.165) is 16.5 Å². The van der Waals surface area contributed by atoms with E-state index in [1.807, 2.05) is 30.3 Å². The average molecular weight is 328 g/mol. The number of benzene rings is 2. The monoisotopic (exact) mass is 327 g/mol. The Labute approximate surface area is 138 Å². The van der Waals surface area contributed by atoms with E-state index in [4.69, 9.17) is 23.2 Å². The fourth-order valence-electron chi connectivity index (χ4n) is 2.10. The lowest BCUT2D eigenvalue weighted by Gasteiger charge is -2.00. The van der Waals surface area contributed by atoms with Gasteiger partial charge in [0, 0.05) is 17.1 Å². The largest absolute Gasteiger partial charge is 0.289 e. The molecule has 0 aliphatic heterocycles. The van der Waals surface area contributed by atoms with Gasteiger partial charge in [0.25, 0.3) is 0 Å². The Bertz CT molecular complexity index is 887. The van der Waals surface area contributed by atoms with Crippen LogP contribution in [0.4, 0.5) is 0 Å². The molecule has 0 saturated heterocycles. The molecule has 0 aliphatic carbocycles. The molecule has 2 nitrogen and oxygen atoms in total. The van der Waals surface area contributed by atoms with Crippen molar-refractivity contribution in [2.75, 3.05) is 0 Å². The highest BCUT2D eigenvalue weighted by Gasteiger charge is 2.05. The van der Waals surface area contributed by atoms with Gasteiger partial charge in [-0.2, -0.15) is 0 Å². The summed E-state index contributed by atoms with van der Waals surface area (Å²) in [6.45, 7) is 0. The minimum absolute atomic E-state index is 0.133. The number of allylic oxidation sites excluding steroid dienone is 1. The van der Waals surface area contributed by atoms with Crippen molar-refractivity contribution in [2.45, 2.75) is 0 Å². The lowest BCUT2D eigenvalue weighted by molar-refractivity contribution is 0.104. The number of carbonyl (C=O) groups excluding carboxylic acids is 1. The van der Waals surface area contributed by atoms with Gasteiger partial charge in [0.15, 0.2) is 5.78 Å². The molecule has 108 valence electrons. The topological polar surface area (TPSA) is 30.0 Å². The van der Waals surface area contributed by atoms with E-state index in [1.54, 1.807) is 30.5 Å². The maximum Gasteiger partial charge on any atom is 0.185 e. The van der Waals surface area contributed by atoms with E-state index in [0.29, 0.717) is 15.6 Å². The second-order valence-electron chi connectivity index (χ2n) is 4.79. The SMILES string of the molecule is O=C(/C=C/c1cnc2ccccc2c1)c1ccc(Cl)c(Cl)c1. The third-order valence-corrected chi connectivity index (χ3v) is 3.98. The molecular weight excluding hydrogens is 317 g/mol. The van der Waals surface area contributed by atoms with Gasteiger partial charge in [-0.3, -0.25) is 9.78 Å². The van der Waals surface area contributed by atoms with Gasteiger partial charge >= 0.3 is 0 Å². The molecule has 0 radical (unpaired) electrons. The first-order chi connectivity index (χ1) is 10.6. The van der Waals surface area contributed by atoms with Crippen LogP contribution in [0.3, 0.4) is 0 Å². The van der Waals surface area contributed by atoms with E-state index in [2.05, 4.69) is 4.98 Å². The lowest BCUT2D eigenvalue weighted by Crippen LogP contribution is -1.94. The number of halogens is 2. The van der Waals surface area contributed by atoms with E-state index in [9.17, 15) is 4.79 Å². The molecule has 0 saturated carbocycles. The van der Waals surface area contributed by atoms with Crippen LogP contribution >= 0.6 is 23.2 Å². The molecule has 0 atom stereocenters. The number of para-hydroxylation sites is 1. The van der Waals surface area contributed by atoms with Crippen LogP contribution in [0.5, 0.6) is 0 Å². The summed E-state index contributed by atoms with van der Waals surface area (Å²) in [6, 6.07) is 14.7. The average Bonchev–Trinajstić information content (AvgIpc) is 2.55. The number of aromatic nitrogens is 1. The van der Waals surface area contributed by atoms with Crippen LogP contribution in [0.15, 0.2) is 60.8 Å². The second-order valence-corrected chi connectivity index (χ2v) is 5.60. The molecule has 0 N–H and O–H groups in total. The zero-order valence-electron chi connectivity index (χ0n) is 11.5. The molecule has 0 amide bonds. The third kappa shape index (κ3) is 3.19. The number of hydrogen-bond donors (Lipinski definition) is 0. The summed E-state index contributed by atoms with van der Waals surface area (Å²) in [5.74, 6) is -0.133. The highest BCUT2D eigenvalue weighted by molar-refractivity contribution is 6.42. The van der Waals surface area contributed by atoms with Gasteiger partial charge in [-0.05, 0) is 48.0 Å². The molecule has 2 aromatic carbocycles. The van der Waals surface area contributed by atoms with Crippen LogP contribution in [0.1, 0.15) is 15.9 Å². The van der Waals surface area contributed by atoms with Crippen molar-refractivity contribution < 1.29 is 4.79 Å². The van der Waals surface area contributed by atoms with Crippen molar-refractivity contribution in [3.05, 3.63) is 82.0 Å². The molecule has 0 bridgehead atoms. The maximum atomic E-state index is 12.1. The van der Waals surface area contributed by atoms with Crippen LogP contribution in [-0.4, -0.2) is 10.8 Å². The van der Waals surface area contributed by atoms with Crippen molar-refractivity contribution >= 4 is 46.0 Å². The summed E-state index contributed by atoms with van der Waals surface area (Å²) in [5, 5.41) is 1.83. The molecule has 4 heteroatoms. The van der Waals surface area contributed by atoms with Crippen LogP contribution in [0, 0.1) is 0 Å². The molecule has 0 spiro atoms. The molecule has 0 fully saturated rings. The number of fused-ring (bicyclic) bond motifs is 1. The quantitative estimate of drug-likeness (QED) is 0.473. The van der Waals surface area contributed by atoms with Crippen LogP contribution in [0.25, 0.3) is 17.0 Å². The Morgan fingerprint density at radius 2 is 1.82 bits per heavy atom. The summed E-state index contributed by atoms with van der Waals surface area (Å²) < 4.78 is 0. The molecule has 0 aliphatic rings. The third-order valence-electron chi connectivity index (χ3n) is 3.24. The van der Waals surface area contributed by atoms with Crippen molar-refractivity contribution in [1.29, 1.82) is 0 Å². The van der Waals surface area contributed by atoms with E-state index < -0.39 is 0 Å². The predicted octanol–water partition coefficient (Wildman–Crippen LogP) is 5.44. The highest BCUT2D eigenvalue weighted by atomic mass is 35.5. The van der Waals surface area contributed by atoms with Crippen molar-refractivity contribution in [2.24, 2.45) is 0 Å². The Kier molecular flexibility index (Phi) is 4.23. The van der Waals surface area contributed by atoms with Crippen molar-refractivity contribution in [3.8, 4) is 0 Å².